The molecule has 3 fully saturated rings. The van der Waals surface area contributed by atoms with E-state index in [1.54, 1.807) is 12.4 Å². The Labute approximate surface area is 168 Å². The van der Waals surface area contributed by atoms with Crippen LogP contribution in [-0.2, 0) is 5.41 Å². The van der Waals surface area contributed by atoms with Gasteiger partial charge in [-0.2, -0.15) is 9.97 Å². The number of aromatic nitrogens is 5. The zero-order valence-electron chi connectivity index (χ0n) is 16.5. The smallest absolute Gasteiger partial charge is 0.243 e. The van der Waals surface area contributed by atoms with E-state index in [1.807, 2.05) is 12.1 Å². The number of fused-ring (bicyclic) bond motifs is 1. The Kier molecular flexibility index (Phi) is 3.84. The monoisotopic (exact) mass is 392 g/mol. The molecule has 0 bridgehead atoms. The average Bonchev–Trinajstić information content (AvgIpc) is 3.15. The molecule has 3 aromatic rings. The normalized spacial score (nSPS) is 28.0. The third kappa shape index (κ3) is 2.80. The van der Waals surface area contributed by atoms with Crippen molar-refractivity contribution in [3.63, 3.8) is 0 Å². The minimum absolute atomic E-state index is 0.0823. The first kappa shape index (κ1) is 17.3. The molecule has 1 aliphatic heterocycles. The van der Waals surface area contributed by atoms with Crippen LogP contribution in [0.25, 0.3) is 11.4 Å². The fourth-order valence-corrected chi connectivity index (χ4v) is 5.09. The molecule has 29 heavy (non-hydrogen) atoms. The predicted octanol–water partition coefficient (Wildman–Crippen LogP) is 3.51. The predicted molar refractivity (Wildman–Crippen MR) is 103 cm³/mol. The van der Waals surface area contributed by atoms with Gasteiger partial charge in [0.15, 0.2) is 5.82 Å². The lowest BCUT2D eigenvalue weighted by Gasteiger charge is -2.26. The van der Waals surface area contributed by atoms with E-state index in [0.717, 1.165) is 42.7 Å². The maximum absolute atomic E-state index is 5.82. The molecule has 0 unspecified atom stereocenters. The Bertz CT molecular complexity index is 1010. The third-order valence-electron chi connectivity index (χ3n) is 6.97. The summed E-state index contributed by atoms with van der Waals surface area (Å²) in [5, 5.41) is 8.45. The largest absolute Gasteiger partial charge is 0.338 e. The first-order chi connectivity index (χ1) is 14.2. The number of rotatable bonds is 5. The van der Waals surface area contributed by atoms with E-state index < -0.39 is 0 Å². The Morgan fingerprint density at radius 3 is 2.93 bits per heavy atom. The maximum atomic E-state index is 5.82. The summed E-state index contributed by atoms with van der Waals surface area (Å²) in [6, 6.07) is 3.95. The molecule has 0 spiro atoms. The van der Waals surface area contributed by atoms with Gasteiger partial charge in [-0.15, -0.1) is 0 Å². The quantitative estimate of drug-likeness (QED) is 0.651. The van der Waals surface area contributed by atoms with Gasteiger partial charge in [0.1, 0.15) is 0 Å². The van der Waals surface area contributed by atoms with Gasteiger partial charge in [0.25, 0.3) is 0 Å². The first-order valence-electron chi connectivity index (χ1n) is 10.5. The Balaban J connectivity index is 1.27. The molecule has 2 aliphatic carbocycles. The van der Waals surface area contributed by atoms with Crippen LogP contribution in [0.5, 0.6) is 0 Å². The van der Waals surface area contributed by atoms with E-state index in [2.05, 4.69) is 32.1 Å². The summed E-state index contributed by atoms with van der Waals surface area (Å²) in [4.78, 5) is 16.1. The fraction of sp³-hybridized carbons (Fsp3) is 0.571. The molecule has 0 amide bonds. The number of nitrogens with zero attached hydrogens (tertiary/aromatic N) is 6. The van der Waals surface area contributed by atoms with Crippen LogP contribution in [0.4, 0.5) is 0 Å². The highest BCUT2D eigenvalue weighted by atomic mass is 16.5. The van der Waals surface area contributed by atoms with Gasteiger partial charge < -0.3 is 9.05 Å². The minimum atomic E-state index is -0.0823. The van der Waals surface area contributed by atoms with Crippen molar-refractivity contribution < 1.29 is 9.05 Å². The lowest BCUT2D eigenvalue weighted by Crippen LogP contribution is -2.33. The lowest BCUT2D eigenvalue weighted by atomic mass is 9.80. The molecule has 150 valence electrons. The highest BCUT2D eigenvalue weighted by molar-refractivity contribution is 5.52. The molecular formula is C21H24N6O2. The molecule has 8 heteroatoms. The molecule has 1 saturated heterocycles. The summed E-state index contributed by atoms with van der Waals surface area (Å²) < 4.78 is 11.4. The Morgan fingerprint density at radius 1 is 1.17 bits per heavy atom. The molecular weight excluding hydrogens is 368 g/mol. The lowest BCUT2D eigenvalue weighted by molar-refractivity contribution is 0.185. The van der Waals surface area contributed by atoms with Crippen LogP contribution in [0.2, 0.25) is 0 Å². The summed E-state index contributed by atoms with van der Waals surface area (Å²) in [6.45, 7) is 4.04. The van der Waals surface area contributed by atoms with Crippen LogP contribution >= 0.6 is 0 Å². The van der Waals surface area contributed by atoms with Crippen molar-refractivity contribution in [2.75, 3.05) is 13.1 Å². The molecule has 0 N–H and O–H groups in total. The van der Waals surface area contributed by atoms with Crippen LogP contribution in [-0.4, -0.2) is 43.3 Å². The molecule has 8 nitrogen and oxygen atoms in total. The molecule has 6 rings (SSSR count). The number of hydrogen-bond acceptors (Lipinski definition) is 8. The fourth-order valence-electron chi connectivity index (χ4n) is 5.09. The van der Waals surface area contributed by atoms with Crippen molar-refractivity contribution in [1.82, 2.24) is 30.2 Å². The molecule has 0 radical (unpaired) electrons. The molecule has 3 atom stereocenters. The SMILES string of the molecule is C[C@@H](c1nc(C2CC2)no1)N1C[C@H]2CCC[C@@]2(c2nc(-c3cccnc3)no2)C1. The highest BCUT2D eigenvalue weighted by Gasteiger charge is 2.55. The van der Waals surface area contributed by atoms with Gasteiger partial charge in [-0.3, -0.25) is 9.88 Å². The van der Waals surface area contributed by atoms with Gasteiger partial charge >= 0.3 is 0 Å². The van der Waals surface area contributed by atoms with Gasteiger partial charge in [0.2, 0.25) is 17.6 Å². The first-order valence-corrected chi connectivity index (χ1v) is 10.5. The summed E-state index contributed by atoms with van der Waals surface area (Å²) in [5.74, 6) is 4.00. The van der Waals surface area contributed by atoms with E-state index in [1.165, 1.54) is 25.7 Å². The van der Waals surface area contributed by atoms with Crippen molar-refractivity contribution in [1.29, 1.82) is 0 Å². The second kappa shape index (κ2) is 6.45. The molecule has 2 saturated carbocycles. The number of pyridine rings is 1. The van der Waals surface area contributed by atoms with E-state index in [4.69, 9.17) is 14.0 Å². The van der Waals surface area contributed by atoms with Gasteiger partial charge in [-0.05, 0) is 50.7 Å². The second-order valence-electron chi connectivity index (χ2n) is 8.78. The molecule has 3 aromatic heterocycles. The van der Waals surface area contributed by atoms with E-state index in [9.17, 15) is 0 Å². The van der Waals surface area contributed by atoms with Crippen molar-refractivity contribution in [3.05, 3.63) is 42.1 Å². The van der Waals surface area contributed by atoms with Gasteiger partial charge in [0, 0.05) is 37.0 Å². The summed E-state index contributed by atoms with van der Waals surface area (Å²) in [7, 11) is 0. The number of likely N-dealkylation sites (tertiary alicyclic amines) is 1. The zero-order chi connectivity index (χ0) is 19.4. The van der Waals surface area contributed by atoms with Crippen molar-refractivity contribution in [2.24, 2.45) is 5.92 Å². The van der Waals surface area contributed by atoms with Crippen LogP contribution < -0.4 is 0 Å². The zero-order valence-corrected chi connectivity index (χ0v) is 16.5. The van der Waals surface area contributed by atoms with Gasteiger partial charge in [-0.25, -0.2) is 0 Å². The standard InChI is InChI=1S/C21H24N6O2/c1-13(19-23-17(25-28-19)14-6-7-14)27-11-16-5-2-8-21(16,12-27)20-24-18(26-29-20)15-4-3-9-22-10-15/h3-4,9-10,13-14,16H,2,5-8,11-12H2,1H3/t13-,16+,21+/m0/s1. The summed E-state index contributed by atoms with van der Waals surface area (Å²) in [6.07, 6.45) is 9.34. The van der Waals surface area contributed by atoms with Crippen LogP contribution in [0, 0.1) is 5.92 Å². The topological polar surface area (TPSA) is 94.0 Å². The molecule has 3 aliphatic rings. The maximum Gasteiger partial charge on any atom is 0.243 e. The number of hydrogen-bond donors (Lipinski definition) is 0. The van der Waals surface area contributed by atoms with E-state index in [0.29, 0.717) is 17.7 Å². The Morgan fingerprint density at radius 2 is 2.10 bits per heavy atom. The molecule has 0 aromatic carbocycles. The van der Waals surface area contributed by atoms with Crippen LogP contribution in [0.3, 0.4) is 0 Å². The Hall–Kier alpha value is -2.61. The van der Waals surface area contributed by atoms with E-state index >= 15 is 0 Å². The van der Waals surface area contributed by atoms with Crippen LogP contribution in [0.15, 0.2) is 33.6 Å². The second-order valence-corrected chi connectivity index (χ2v) is 8.78. The molecule has 4 heterocycles. The minimum Gasteiger partial charge on any atom is -0.338 e. The van der Waals surface area contributed by atoms with Gasteiger partial charge in [0.05, 0.1) is 11.5 Å². The van der Waals surface area contributed by atoms with Crippen molar-refractivity contribution >= 4 is 0 Å². The van der Waals surface area contributed by atoms with E-state index in [-0.39, 0.29) is 11.5 Å². The average molecular weight is 392 g/mol. The van der Waals surface area contributed by atoms with Crippen molar-refractivity contribution in [3.8, 4) is 11.4 Å². The van der Waals surface area contributed by atoms with Crippen LogP contribution in [0.1, 0.15) is 68.6 Å². The summed E-state index contributed by atoms with van der Waals surface area (Å²) in [5.41, 5.74) is 0.802. The van der Waals surface area contributed by atoms with Crippen molar-refractivity contribution in [2.45, 2.75) is 56.4 Å². The summed E-state index contributed by atoms with van der Waals surface area (Å²) >= 11 is 0. The van der Waals surface area contributed by atoms with Gasteiger partial charge in [-0.1, -0.05) is 16.7 Å². The third-order valence-corrected chi connectivity index (χ3v) is 6.97. The highest BCUT2D eigenvalue weighted by Crippen LogP contribution is 2.51.